The first kappa shape index (κ1) is 27.6. The molecule has 0 aliphatic carbocycles. The average Bonchev–Trinajstić information content (AvgIpc) is 3.45. The molecule has 3 aromatic carbocycles. The summed E-state index contributed by atoms with van der Waals surface area (Å²) >= 11 is 1.27. The van der Waals surface area contributed by atoms with E-state index in [2.05, 4.69) is 25.7 Å². The number of nitrogens with zero attached hydrogens (tertiary/aromatic N) is 5. The van der Waals surface area contributed by atoms with Crippen LogP contribution in [0.25, 0.3) is 17.1 Å². The number of hydrogen-bond acceptors (Lipinski definition) is 8. The Hall–Kier alpha value is -4.96. The number of nitrogens with one attached hydrogen (secondary N) is 1. The van der Waals surface area contributed by atoms with Crippen molar-refractivity contribution in [1.82, 2.24) is 25.2 Å². The molecule has 0 aliphatic rings. The number of hydrogen-bond donors (Lipinski definition) is 1. The maximum Gasteiger partial charge on any atom is 0.250 e. The number of rotatable bonds is 12. The summed E-state index contributed by atoms with van der Waals surface area (Å²) < 4.78 is 13.3. The zero-order valence-electron chi connectivity index (χ0n) is 22.4. The first-order chi connectivity index (χ1) is 20.2. The highest BCUT2D eigenvalue weighted by Crippen LogP contribution is 2.28. The highest BCUT2D eigenvalue weighted by molar-refractivity contribution is 7.99. The van der Waals surface area contributed by atoms with Crippen molar-refractivity contribution in [3.8, 4) is 28.6 Å². The van der Waals surface area contributed by atoms with Crippen molar-refractivity contribution < 1.29 is 14.3 Å². The van der Waals surface area contributed by atoms with E-state index in [1.54, 1.807) is 18.6 Å². The molecule has 0 spiro atoms. The molecule has 2 heterocycles. The molecule has 5 rings (SSSR count). The number of benzene rings is 3. The number of pyridine rings is 1. The van der Waals surface area contributed by atoms with Crippen LogP contribution in [0.5, 0.6) is 11.5 Å². The van der Waals surface area contributed by atoms with Crippen molar-refractivity contribution in [2.75, 3.05) is 12.4 Å². The van der Waals surface area contributed by atoms with Gasteiger partial charge in [-0.3, -0.25) is 14.3 Å². The van der Waals surface area contributed by atoms with Crippen molar-refractivity contribution in [3.05, 3.63) is 115 Å². The molecule has 0 saturated heterocycles. The van der Waals surface area contributed by atoms with Gasteiger partial charge in [-0.25, -0.2) is 5.43 Å². The second-order valence-corrected chi connectivity index (χ2v) is 9.68. The fourth-order valence-corrected chi connectivity index (χ4v) is 4.61. The molecule has 1 amide bonds. The highest BCUT2D eigenvalue weighted by Gasteiger charge is 2.17. The summed E-state index contributed by atoms with van der Waals surface area (Å²) in [7, 11) is 0. The normalized spacial score (nSPS) is 11.0. The monoisotopic (exact) mass is 564 g/mol. The summed E-state index contributed by atoms with van der Waals surface area (Å²) in [4.78, 5) is 16.8. The van der Waals surface area contributed by atoms with Gasteiger partial charge in [0, 0.05) is 23.6 Å². The van der Waals surface area contributed by atoms with E-state index in [-0.39, 0.29) is 11.7 Å². The Kier molecular flexibility index (Phi) is 9.36. The maximum atomic E-state index is 12.6. The highest BCUT2D eigenvalue weighted by atomic mass is 32.2. The van der Waals surface area contributed by atoms with Crippen LogP contribution in [0.4, 0.5) is 0 Å². The van der Waals surface area contributed by atoms with Gasteiger partial charge in [-0.2, -0.15) is 5.10 Å². The van der Waals surface area contributed by atoms with Crippen LogP contribution in [-0.4, -0.2) is 44.2 Å². The molecule has 0 fully saturated rings. The van der Waals surface area contributed by atoms with Gasteiger partial charge in [0.05, 0.1) is 18.6 Å². The number of carbonyl (C=O) groups is 1. The van der Waals surface area contributed by atoms with Crippen molar-refractivity contribution in [2.24, 2.45) is 5.10 Å². The molecule has 0 unspecified atom stereocenters. The van der Waals surface area contributed by atoms with Crippen LogP contribution >= 0.6 is 11.8 Å². The van der Waals surface area contributed by atoms with Crippen molar-refractivity contribution in [2.45, 2.75) is 18.7 Å². The number of carbonyl (C=O) groups excluding carboxylic acids is 1. The van der Waals surface area contributed by atoms with E-state index in [1.165, 1.54) is 11.8 Å². The quantitative estimate of drug-likeness (QED) is 0.120. The lowest BCUT2D eigenvalue weighted by Crippen LogP contribution is -2.20. The topological polar surface area (TPSA) is 104 Å². The van der Waals surface area contributed by atoms with Gasteiger partial charge < -0.3 is 9.47 Å². The molecular formula is C31H28N6O3S. The largest absolute Gasteiger partial charge is 0.494 e. The minimum Gasteiger partial charge on any atom is -0.494 e. The molecule has 0 aliphatic heterocycles. The Balaban J connectivity index is 1.19. The van der Waals surface area contributed by atoms with Gasteiger partial charge in [0.15, 0.2) is 11.0 Å². The molecule has 206 valence electrons. The SMILES string of the molecule is CCOc1ccc(-n2c(SCC(=O)NN=Cc3ccc(OCc4ccccc4)cc3)nnc2-c2cccnc2)cc1. The Morgan fingerprint density at radius 2 is 1.68 bits per heavy atom. The molecule has 1 N–H and O–H groups in total. The van der Waals surface area contributed by atoms with E-state index in [9.17, 15) is 4.79 Å². The molecule has 0 bridgehead atoms. The van der Waals surface area contributed by atoms with E-state index >= 15 is 0 Å². The Morgan fingerprint density at radius 1 is 0.927 bits per heavy atom. The number of hydrazone groups is 1. The number of amides is 1. The van der Waals surface area contributed by atoms with E-state index in [1.807, 2.05) is 102 Å². The lowest BCUT2D eigenvalue weighted by Gasteiger charge is -2.11. The summed E-state index contributed by atoms with van der Waals surface area (Å²) in [6, 6.07) is 28.9. The Bertz CT molecular complexity index is 1570. The fourth-order valence-electron chi connectivity index (χ4n) is 3.87. The van der Waals surface area contributed by atoms with Gasteiger partial charge in [0.25, 0.3) is 5.91 Å². The Labute approximate surface area is 242 Å². The molecule has 0 atom stereocenters. The minimum atomic E-state index is -0.266. The summed E-state index contributed by atoms with van der Waals surface area (Å²) in [6.07, 6.45) is 5.02. The van der Waals surface area contributed by atoms with Gasteiger partial charge >= 0.3 is 0 Å². The van der Waals surface area contributed by atoms with Crippen LogP contribution in [-0.2, 0) is 11.4 Å². The van der Waals surface area contributed by atoms with Crippen LogP contribution < -0.4 is 14.9 Å². The van der Waals surface area contributed by atoms with Crippen molar-refractivity contribution in [3.63, 3.8) is 0 Å². The van der Waals surface area contributed by atoms with E-state index in [0.29, 0.717) is 24.2 Å². The Morgan fingerprint density at radius 3 is 2.41 bits per heavy atom. The third-order valence-corrected chi connectivity index (χ3v) is 6.75. The third-order valence-electron chi connectivity index (χ3n) is 5.82. The van der Waals surface area contributed by atoms with Gasteiger partial charge in [-0.15, -0.1) is 10.2 Å². The van der Waals surface area contributed by atoms with Crippen LogP contribution in [0, 0.1) is 0 Å². The molecule has 2 aromatic heterocycles. The smallest absolute Gasteiger partial charge is 0.250 e. The maximum absolute atomic E-state index is 12.6. The standard InChI is InChI=1S/C31H28N6O3S/c1-2-39-27-16-12-26(13-17-27)37-30(25-9-6-18-32-20-25)35-36-31(37)41-22-29(38)34-33-19-23-10-14-28(15-11-23)40-21-24-7-4-3-5-8-24/h3-20H,2,21-22H2,1H3,(H,34,38). The first-order valence-electron chi connectivity index (χ1n) is 13.0. The second-order valence-electron chi connectivity index (χ2n) is 8.74. The molecule has 5 aromatic rings. The first-order valence-corrected chi connectivity index (χ1v) is 14.0. The molecule has 0 saturated carbocycles. The van der Waals surface area contributed by atoms with Gasteiger partial charge in [0.2, 0.25) is 0 Å². The lowest BCUT2D eigenvalue weighted by molar-refractivity contribution is -0.118. The van der Waals surface area contributed by atoms with Crippen LogP contribution in [0.15, 0.2) is 114 Å². The fraction of sp³-hybridized carbons (Fsp3) is 0.129. The van der Waals surface area contributed by atoms with Crippen molar-refractivity contribution >= 4 is 23.9 Å². The third kappa shape index (κ3) is 7.58. The average molecular weight is 565 g/mol. The van der Waals surface area contributed by atoms with Crippen LogP contribution in [0.2, 0.25) is 0 Å². The van der Waals surface area contributed by atoms with Gasteiger partial charge in [-0.1, -0.05) is 42.1 Å². The summed E-state index contributed by atoms with van der Waals surface area (Å²) in [6.45, 7) is 3.02. The number of ether oxygens (including phenoxy) is 2. The van der Waals surface area contributed by atoms with E-state index in [0.717, 1.165) is 33.9 Å². The number of thioether (sulfide) groups is 1. The molecular weight excluding hydrogens is 536 g/mol. The zero-order valence-corrected chi connectivity index (χ0v) is 23.2. The van der Waals surface area contributed by atoms with E-state index < -0.39 is 0 Å². The second kappa shape index (κ2) is 13.9. The van der Waals surface area contributed by atoms with E-state index in [4.69, 9.17) is 9.47 Å². The predicted molar refractivity (Wildman–Crippen MR) is 159 cm³/mol. The van der Waals surface area contributed by atoms with Crippen molar-refractivity contribution in [1.29, 1.82) is 0 Å². The summed E-state index contributed by atoms with van der Waals surface area (Å²) in [5, 5.41) is 13.4. The molecule has 9 nitrogen and oxygen atoms in total. The zero-order chi connectivity index (χ0) is 28.3. The summed E-state index contributed by atoms with van der Waals surface area (Å²) in [5.41, 5.74) is 6.17. The van der Waals surface area contributed by atoms with Gasteiger partial charge in [-0.05, 0) is 78.7 Å². The predicted octanol–water partition coefficient (Wildman–Crippen LogP) is 5.55. The minimum absolute atomic E-state index is 0.103. The molecule has 41 heavy (non-hydrogen) atoms. The van der Waals surface area contributed by atoms with Crippen LogP contribution in [0.3, 0.4) is 0 Å². The number of aromatic nitrogens is 4. The summed E-state index contributed by atoms with van der Waals surface area (Å²) in [5.74, 6) is 1.99. The van der Waals surface area contributed by atoms with Gasteiger partial charge in [0.1, 0.15) is 18.1 Å². The van der Waals surface area contributed by atoms with Crippen LogP contribution in [0.1, 0.15) is 18.1 Å². The molecule has 0 radical (unpaired) electrons. The molecule has 10 heteroatoms. The lowest BCUT2D eigenvalue weighted by atomic mass is 10.2.